The first-order valence-electron chi connectivity index (χ1n) is 9.13. The van der Waals surface area contributed by atoms with Crippen LogP contribution in [0.25, 0.3) is 0 Å². The summed E-state index contributed by atoms with van der Waals surface area (Å²) < 4.78 is 5.35. The summed E-state index contributed by atoms with van der Waals surface area (Å²) in [6, 6.07) is 10.5. The largest absolute Gasteiger partial charge is 0.448 e. The van der Waals surface area contributed by atoms with Gasteiger partial charge in [-0.05, 0) is 68.0 Å². The van der Waals surface area contributed by atoms with Gasteiger partial charge in [0.15, 0.2) is 6.10 Å². The van der Waals surface area contributed by atoms with Gasteiger partial charge in [0.2, 0.25) is 0 Å². The van der Waals surface area contributed by atoms with E-state index in [0.717, 1.165) is 19.3 Å². The van der Waals surface area contributed by atoms with E-state index < -0.39 is 18.0 Å². The standard InChI is InChI=1S/C21H22N2O3S/c1-3-14-6-9-18-16(10-14)11-19(27-18)21(25)26-13(2)20(24)23-17-7-4-15(12-22)5-8-17/h4-5,7-8,11,13-14H,3,6,9-10H2,1-2H3,(H,23,24)/t13-,14+/m0/s1. The highest BCUT2D eigenvalue weighted by atomic mass is 32.1. The molecule has 0 bridgehead atoms. The number of ether oxygens (including phenoxy) is 1. The molecule has 1 aromatic carbocycles. The Hall–Kier alpha value is -2.65. The number of benzene rings is 1. The highest BCUT2D eigenvalue weighted by Gasteiger charge is 2.25. The maximum atomic E-state index is 12.4. The van der Waals surface area contributed by atoms with Gasteiger partial charge in [-0.1, -0.05) is 13.3 Å². The third-order valence-corrected chi connectivity index (χ3v) is 6.12. The topological polar surface area (TPSA) is 79.2 Å². The zero-order valence-corrected chi connectivity index (χ0v) is 16.3. The maximum absolute atomic E-state index is 12.4. The second-order valence-electron chi connectivity index (χ2n) is 6.80. The SMILES string of the molecule is CC[C@@H]1CCc2sc(C(=O)O[C@@H](C)C(=O)Nc3ccc(C#N)cc3)cc2C1. The molecule has 2 aromatic rings. The molecule has 1 amide bonds. The van der Waals surface area contributed by atoms with Crippen molar-refractivity contribution in [1.82, 2.24) is 0 Å². The van der Waals surface area contributed by atoms with E-state index in [4.69, 9.17) is 10.00 Å². The molecule has 27 heavy (non-hydrogen) atoms. The second-order valence-corrected chi connectivity index (χ2v) is 7.94. The molecule has 1 heterocycles. The van der Waals surface area contributed by atoms with Crippen LogP contribution in [0, 0.1) is 17.2 Å². The van der Waals surface area contributed by atoms with Crippen molar-refractivity contribution in [3.8, 4) is 6.07 Å². The average Bonchev–Trinajstić information content (AvgIpc) is 3.11. The Morgan fingerprint density at radius 1 is 1.37 bits per heavy atom. The Balaban J connectivity index is 1.59. The van der Waals surface area contributed by atoms with Crippen LogP contribution in [0.4, 0.5) is 5.69 Å². The van der Waals surface area contributed by atoms with Gasteiger partial charge in [0.25, 0.3) is 5.91 Å². The number of anilines is 1. The Bertz CT molecular complexity index is 880. The van der Waals surface area contributed by atoms with Crippen LogP contribution in [-0.4, -0.2) is 18.0 Å². The lowest BCUT2D eigenvalue weighted by atomic mass is 9.87. The molecule has 2 atom stereocenters. The van der Waals surface area contributed by atoms with E-state index in [-0.39, 0.29) is 0 Å². The highest BCUT2D eigenvalue weighted by Crippen LogP contribution is 2.33. The van der Waals surface area contributed by atoms with E-state index in [1.54, 1.807) is 31.2 Å². The Kier molecular flexibility index (Phi) is 5.92. The molecule has 0 saturated heterocycles. The van der Waals surface area contributed by atoms with Crippen molar-refractivity contribution in [2.75, 3.05) is 5.32 Å². The summed E-state index contributed by atoms with van der Waals surface area (Å²) in [6.07, 6.45) is 3.45. The molecule has 1 aliphatic carbocycles. The van der Waals surface area contributed by atoms with E-state index in [2.05, 4.69) is 12.2 Å². The van der Waals surface area contributed by atoms with E-state index in [1.165, 1.54) is 28.2 Å². The molecule has 0 fully saturated rings. The number of amides is 1. The van der Waals surface area contributed by atoms with Crippen LogP contribution in [0.3, 0.4) is 0 Å². The number of nitriles is 1. The number of nitrogens with one attached hydrogen (secondary N) is 1. The van der Waals surface area contributed by atoms with Crippen molar-refractivity contribution in [3.63, 3.8) is 0 Å². The molecule has 0 saturated carbocycles. The van der Waals surface area contributed by atoms with Gasteiger partial charge >= 0.3 is 5.97 Å². The minimum Gasteiger partial charge on any atom is -0.448 e. The lowest BCUT2D eigenvalue weighted by Crippen LogP contribution is -2.29. The number of thiophene rings is 1. The molecule has 0 aliphatic heterocycles. The molecule has 5 nitrogen and oxygen atoms in total. The molecular formula is C21H22N2O3S. The molecule has 1 N–H and O–H groups in total. The van der Waals surface area contributed by atoms with Crippen LogP contribution in [0.15, 0.2) is 30.3 Å². The highest BCUT2D eigenvalue weighted by molar-refractivity contribution is 7.14. The number of carbonyl (C=O) groups is 2. The number of hydrogen-bond donors (Lipinski definition) is 1. The third-order valence-electron chi connectivity index (χ3n) is 4.90. The van der Waals surface area contributed by atoms with Gasteiger partial charge in [-0.25, -0.2) is 4.79 Å². The molecule has 0 unspecified atom stereocenters. The van der Waals surface area contributed by atoms with Crippen molar-refractivity contribution in [3.05, 3.63) is 51.2 Å². The fourth-order valence-electron chi connectivity index (χ4n) is 3.19. The first-order valence-corrected chi connectivity index (χ1v) is 9.95. The second kappa shape index (κ2) is 8.36. The third kappa shape index (κ3) is 4.55. The first-order chi connectivity index (χ1) is 13.0. The van der Waals surface area contributed by atoms with Crippen LogP contribution in [-0.2, 0) is 22.4 Å². The van der Waals surface area contributed by atoms with Crippen LogP contribution in [0.2, 0.25) is 0 Å². The van der Waals surface area contributed by atoms with E-state index in [9.17, 15) is 9.59 Å². The van der Waals surface area contributed by atoms with Crippen LogP contribution in [0.5, 0.6) is 0 Å². The number of carbonyl (C=O) groups excluding carboxylic acids is 2. The molecule has 140 valence electrons. The molecule has 3 rings (SSSR count). The van der Waals surface area contributed by atoms with E-state index >= 15 is 0 Å². The zero-order valence-electron chi connectivity index (χ0n) is 15.5. The molecule has 0 radical (unpaired) electrons. The number of hydrogen-bond acceptors (Lipinski definition) is 5. The predicted octanol–water partition coefficient (Wildman–Crippen LogP) is 4.32. The summed E-state index contributed by atoms with van der Waals surface area (Å²) >= 11 is 1.48. The number of aryl methyl sites for hydroxylation is 1. The molecule has 1 aromatic heterocycles. The monoisotopic (exact) mass is 382 g/mol. The number of rotatable bonds is 5. The molecular weight excluding hydrogens is 360 g/mol. The van der Waals surface area contributed by atoms with Crippen molar-refractivity contribution in [2.24, 2.45) is 5.92 Å². The maximum Gasteiger partial charge on any atom is 0.349 e. The average molecular weight is 382 g/mol. The van der Waals surface area contributed by atoms with Crippen molar-refractivity contribution < 1.29 is 14.3 Å². The number of fused-ring (bicyclic) bond motifs is 1. The van der Waals surface area contributed by atoms with Crippen LogP contribution >= 0.6 is 11.3 Å². The zero-order chi connectivity index (χ0) is 19.4. The summed E-state index contributed by atoms with van der Waals surface area (Å²) in [5.41, 5.74) is 2.32. The lowest BCUT2D eigenvalue weighted by Gasteiger charge is -2.19. The summed E-state index contributed by atoms with van der Waals surface area (Å²) in [5, 5.41) is 11.5. The summed E-state index contributed by atoms with van der Waals surface area (Å²) in [6.45, 7) is 3.75. The molecule has 0 spiro atoms. The predicted molar refractivity (Wildman–Crippen MR) is 105 cm³/mol. The lowest BCUT2D eigenvalue weighted by molar-refractivity contribution is -0.123. The van der Waals surface area contributed by atoms with Gasteiger partial charge in [-0.2, -0.15) is 5.26 Å². The van der Waals surface area contributed by atoms with Crippen LogP contribution in [0.1, 0.15) is 52.4 Å². The van der Waals surface area contributed by atoms with Gasteiger partial charge in [0.05, 0.1) is 11.6 Å². The number of nitrogens with zero attached hydrogens (tertiary/aromatic N) is 1. The Morgan fingerprint density at radius 3 is 2.78 bits per heavy atom. The van der Waals surface area contributed by atoms with Crippen molar-refractivity contribution in [1.29, 1.82) is 5.26 Å². The normalized spacial score (nSPS) is 16.7. The van der Waals surface area contributed by atoms with Gasteiger partial charge in [-0.15, -0.1) is 11.3 Å². The first kappa shape index (κ1) is 19.1. The molecule has 6 heteroatoms. The fourth-order valence-corrected chi connectivity index (χ4v) is 4.28. The van der Waals surface area contributed by atoms with E-state index in [0.29, 0.717) is 22.0 Å². The van der Waals surface area contributed by atoms with Gasteiger partial charge in [0, 0.05) is 10.6 Å². The van der Waals surface area contributed by atoms with Gasteiger partial charge in [0.1, 0.15) is 4.88 Å². The Morgan fingerprint density at radius 2 is 2.11 bits per heavy atom. The minimum atomic E-state index is -0.907. The fraction of sp³-hybridized carbons (Fsp3) is 0.381. The van der Waals surface area contributed by atoms with Crippen molar-refractivity contribution >= 4 is 28.9 Å². The summed E-state index contributed by atoms with van der Waals surface area (Å²) in [7, 11) is 0. The van der Waals surface area contributed by atoms with E-state index in [1.807, 2.05) is 12.1 Å². The van der Waals surface area contributed by atoms with Gasteiger partial charge in [-0.3, -0.25) is 4.79 Å². The van der Waals surface area contributed by atoms with Crippen LogP contribution < -0.4 is 5.32 Å². The smallest absolute Gasteiger partial charge is 0.349 e. The number of esters is 1. The Labute approximate surface area is 163 Å². The quantitative estimate of drug-likeness (QED) is 0.781. The molecule has 1 aliphatic rings. The summed E-state index contributed by atoms with van der Waals surface area (Å²) in [5.74, 6) is -0.168. The van der Waals surface area contributed by atoms with Crippen molar-refractivity contribution in [2.45, 2.75) is 45.6 Å². The van der Waals surface area contributed by atoms with Gasteiger partial charge < -0.3 is 10.1 Å². The minimum absolute atomic E-state index is 0.402. The summed E-state index contributed by atoms with van der Waals surface area (Å²) in [4.78, 5) is 26.5.